The van der Waals surface area contributed by atoms with Crippen molar-refractivity contribution in [2.45, 2.75) is 18.9 Å². The van der Waals surface area contributed by atoms with E-state index in [1.807, 2.05) is 0 Å². The number of carbonyl (C=O) groups excluding carboxylic acids is 2. The summed E-state index contributed by atoms with van der Waals surface area (Å²) in [7, 11) is 1.36. The van der Waals surface area contributed by atoms with Crippen molar-refractivity contribution in [1.29, 1.82) is 0 Å². The lowest BCUT2D eigenvalue weighted by Crippen LogP contribution is -2.27. The number of hydrogen-bond donors (Lipinski definition) is 2. The van der Waals surface area contributed by atoms with Crippen molar-refractivity contribution in [3.8, 4) is 0 Å². The molecule has 1 heterocycles. The van der Waals surface area contributed by atoms with E-state index in [2.05, 4.69) is 15.6 Å². The van der Waals surface area contributed by atoms with Crippen molar-refractivity contribution in [2.24, 2.45) is 0 Å². The molecule has 1 aliphatic rings. The standard InChI is InChI=1S/C13H16N2O4/c1-18-15-12(16)9-4-2-5-10(8-9)14-13(17)11-6-3-7-19-11/h2,4-5,8,11H,3,6-7H2,1H3,(H,14,17)(H,15,16). The fourth-order valence-electron chi connectivity index (χ4n) is 1.90. The summed E-state index contributed by atoms with van der Waals surface area (Å²) in [5, 5.41) is 2.74. The van der Waals surface area contributed by atoms with E-state index >= 15 is 0 Å². The van der Waals surface area contributed by atoms with Gasteiger partial charge in [0.2, 0.25) is 0 Å². The van der Waals surface area contributed by atoms with Gasteiger partial charge in [-0.1, -0.05) is 6.07 Å². The summed E-state index contributed by atoms with van der Waals surface area (Å²) in [6, 6.07) is 6.63. The summed E-state index contributed by atoms with van der Waals surface area (Å²) in [6.07, 6.45) is 1.24. The molecule has 0 aliphatic carbocycles. The zero-order valence-corrected chi connectivity index (χ0v) is 10.6. The first-order valence-corrected chi connectivity index (χ1v) is 6.06. The molecule has 102 valence electrons. The summed E-state index contributed by atoms with van der Waals surface area (Å²) in [5.41, 5.74) is 3.19. The van der Waals surface area contributed by atoms with Crippen molar-refractivity contribution >= 4 is 17.5 Å². The molecule has 1 fully saturated rings. The molecule has 1 unspecified atom stereocenters. The summed E-state index contributed by atoms with van der Waals surface area (Å²) < 4.78 is 5.29. The van der Waals surface area contributed by atoms with Gasteiger partial charge in [-0.2, -0.15) is 0 Å². The van der Waals surface area contributed by atoms with Gasteiger partial charge in [-0.15, -0.1) is 0 Å². The molecule has 1 aromatic carbocycles. The average Bonchev–Trinajstić information content (AvgIpc) is 2.93. The van der Waals surface area contributed by atoms with Crippen molar-refractivity contribution in [2.75, 3.05) is 19.0 Å². The SMILES string of the molecule is CONC(=O)c1cccc(NC(=O)C2CCCO2)c1. The van der Waals surface area contributed by atoms with Crippen LogP contribution in [0, 0.1) is 0 Å². The van der Waals surface area contributed by atoms with Crippen LogP contribution in [0.4, 0.5) is 5.69 Å². The number of nitrogens with one attached hydrogen (secondary N) is 2. The first-order valence-electron chi connectivity index (χ1n) is 6.06. The second-order valence-electron chi connectivity index (χ2n) is 4.21. The highest BCUT2D eigenvalue weighted by atomic mass is 16.6. The lowest BCUT2D eigenvalue weighted by atomic mass is 10.2. The molecule has 2 N–H and O–H groups in total. The highest BCUT2D eigenvalue weighted by molar-refractivity contribution is 5.97. The normalized spacial score (nSPS) is 18.1. The predicted octanol–water partition coefficient (Wildman–Crippen LogP) is 1.10. The Morgan fingerprint density at radius 2 is 2.26 bits per heavy atom. The van der Waals surface area contributed by atoms with Crippen molar-refractivity contribution in [3.63, 3.8) is 0 Å². The van der Waals surface area contributed by atoms with E-state index in [1.165, 1.54) is 7.11 Å². The minimum absolute atomic E-state index is 0.179. The monoisotopic (exact) mass is 264 g/mol. The Bertz CT molecular complexity index is 469. The Morgan fingerprint density at radius 3 is 2.95 bits per heavy atom. The Hall–Kier alpha value is -1.92. The molecular weight excluding hydrogens is 248 g/mol. The Labute approximate surface area is 111 Å². The lowest BCUT2D eigenvalue weighted by molar-refractivity contribution is -0.124. The Kier molecular flexibility index (Phi) is 4.48. The van der Waals surface area contributed by atoms with E-state index in [4.69, 9.17) is 4.74 Å². The van der Waals surface area contributed by atoms with E-state index in [0.717, 1.165) is 12.8 Å². The summed E-state index contributed by atoms with van der Waals surface area (Å²) >= 11 is 0. The molecular formula is C13H16N2O4. The van der Waals surface area contributed by atoms with Crippen LogP contribution in [-0.4, -0.2) is 31.6 Å². The fourth-order valence-corrected chi connectivity index (χ4v) is 1.90. The third kappa shape index (κ3) is 3.52. The molecule has 6 nitrogen and oxygen atoms in total. The van der Waals surface area contributed by atoms with Gasteiger partial charge < -0.3 is 10.1 Å². The molecule has 1 aromatic rings. The topological polar surface area (TPSA) is 76.7 Å². The zero-order valence-electron chi connectivity index (χ0n) is 10.6. The van der Waals surface area contributed by atoms with Gasteiger partial charge in [0.15, 0.2) is 0 Å². The number of anilines is 1. The van der Waals surface area contributed by atoms with Gasteiger partial charge in [-0.05, 0) is 31.0 Å². The minimum atomic E-state index is -0.392. The van der Waals surface area contributed by atoms with Gasteiger partial charge in [0.1, 0.15) is 6.10 Å². The maximum absolute atomic E-state index is 11.9. The van der Waals surface area contributed by atoms with Crippen LogP contribution in [0.3, 0.4) is 0 Å². The number of amides is 2. The number of hydrogen-bond acceptors (Lipinski definition) is 4. The third-order valence-electron chi connectivity index (χ3n) is 2.81. The van der Waals surface area contributed by atoms with Crippen LogP contribution < -0.4 is 10.8 Å². The zero-order chi connectivity index (χ0) is 13.7. The second kappa shape index (κ2) is 6.31. The number of carbonyl (C=O) groups is 2. The van der Waals surface area contributed by atoms with Crippen LogP contribution in [0.25, 0.3) is 0 Å². The average molecular weight is 264 g/mol. The fraction of sp³-hybridized carbons (Fsp3) is 0.385. The van der Waals surface area contributed by atoms with Gasteiger partial charge in [0.25, 0.3) is 11.8 Å². The maximum Gasteiger partial charge on any atom is 0.274 e. The number of rotatable bonds is 4. The molecule has 1 atom stereocenters. The van der Waals surface area contributed by atoms with E-state index < -0.39 is 6.10 Å². The smallest absolute Gasteiger partial charge is 0.274 e. The number of hydroxylamine groups is 1. The van der Waals surface area contributed by atoms with Gasteiger partial charge in [-0.3, -0.25) is 14.4 Å². The molecule has 0 bridgehead atoms. The maximum atomic E-state index is 11.9. The van der Waals surface area contributed by atoms with E-state index in [0.29, 0.717) is 17.9 Å². The van der Waals surface area contributed by atoms with Gasteiger partial charge >= 0.3 is 0 Å². The van der Waals surface area contributed by atoms with Gasteiger partial charge in [0, 0.05) is 17.9 Å². The predicted molar refractivity (Wildman–Crippen MR) is 68.5 cm³/mol. The molecule has 0 spiro atoms. The van der Waals surface area contributed by atoms with Gasteiger partial charge in [-0.25, -0.2) is 5.48 Å². The summed E-state index contributed by atoms with van der Waals surface area (Å²) in [4.78, 5) is 28.0. The molecule has 2 amide bonds. The summed E-state index contributed by atoms with van der Waals surface area (Å²) in [5.74, 6) is -0.544. The number of benzene rings is 1. The van der Waals surface area contributed by atoms with E-state index in [1.54, 1.807) is 24.3 Å². The van der Waals surface area contributed by atoms with Crippen LogP contribution in [0.5, 0.6) is 0 Å². The van der Waals surface area contributed by atoms with Crippen LogP contribution in [0.2, 0.25) is 0 Å². The van der Waals surface area contributed by atoms with Crippen LogP contribution in [0.15, 0.2) is 24.3 Å². The van der Waals surface area contributed by atoms with E-state index in [-0.39, 0.29) is 11.8 Å². The first kappa shape index (κ1) is 13.5. The molecule has 1 saturated heterocycles. The molecule has 0 saturated carbocycles. The van der Waals surface area contributed by atoms with Crippen molar-refractivity contribution < 1.29 is 19.2 Å². The minimum Gasteiger partial charge on any atom is -0.368 e. The Balaban J connectivity index is 2.02. The molecule has 0 radical (unpaired) electrons. The van der Waals surface area contributed by atoms with Crippen molar-refractivity contribution in [3.05, 3.63) is 29.8 Å². The summed E-state index contributed by atoms with van der Waals surface area (Å²) in [6.45, 7) is 0.619. The molecule has 19 heavy (non-hydrogen) atoms. The largest absolute Gasteiger partial charge is 0.368 e. The highest BCUT2D eigenvalue weighted by Crippen LogP contribution is 2.16. The molecule has 1 aliphatic heterocycles. The van der Waals surface area contributed by atoms with E-state index in [9.17, 15) is 9.59 Å². The van der Waals surface area contributed by atoms with Crippen LogP contribution in [0.1, 0.15) is 23.2 Å². The molecule has 2 rings (SSSR count). The Morgan fingerprint density at radius 1 is 1.42 bits per heavy atom. The van der Waals surface area contributed by atoms with Crippen molar-refractivity contribution in [1.82, 2.24) is 5.48 Å². The van der Waals surface area contributed by atoms with Crippen LogP contribution >= 0.6 is 0 Å². The number of ether oxygens (including phenoxy) is 1. The second-order valence-corrected chi connectivity index (χ2v) is 4.21. The highest BCUT2D eigenvalue weighted by Gasteiger charge is 2.23. The lowest BCUT2D eigenvalue weighted by Gasteiger charge is -2.11. The third-order valence-corrected chi connectivity index (χ3v) is 2.81. The van der Waals surface area contributed by atoms with Crippen LogP contribution in [-0.2, 0) is 14.4 Å². The first-order chi connectivity index (χ1) is 9.20. The quantitative estimate of drug-likeness (QED) is 0.798. The molecule has 0 aromatic heterocycles. The molecule has 6 heteroatoms. The van der Waals surface area contributed by atoms with Gasteiger partial charge in [0.05, 0.1) is 7.11 Å².